The summed E-state index contributed by atoms with van der Waals surface area (Å²) in [5.41, 5.74) is 1.81. The molecule has 3 nitrogen and oxygen atoms in total. The number of thiazole rings is 1. The van der Waals surface area contributed by atoms with E-state index in [1.54, 1.807) is 24.5 Å². The molecule has 0 saturated heterocycles. The number of hydrogen-bond acceptors (Lipinski definition) is 3. The van der Waals surface area contributed by atoms with Crippen molar-refractivity contribution in [1.82, 2.24) is 4.68 Å². The number of benzene rings is 1. The molecule has 23 heavy (non-hydrogen) atoms. The van der Waals surface area contributed by atoms with Crippen LogP contribution in [0.15, 0.2) is 33.7 Å². The normalized spacial score (nSPS) is 17.3. The highest BCUT2D eigenvalue weighted by atomic mass is 35.5. The van der Waals surface area contributed by atoms with Crippen LogP contribution in [0.25, 0.3) is 11.3 Å². The minimum absolute atomic E-state index is 0.559. The van der Waals surface area contributed by atoms with Crippen LogP contribution in [0.1, 0.15) is 32.1 Å². The van der Waals surface area contributed by atoms with Crippen molar-refractivity contribution in [2.45, 2.75) is 32.1 Å². The van der Waals surface area contributed by atoms with Gasteiger partial charge in [0.1, 0.15) is 0 Å². The summed E-state index contributed by atoms with van der Waals surface area (Å²) < 4.78 is 1.87. The Kier molecular flexibility index (Phi) is 5.57. The number of halogens is 2. The molecule has 1 aromatic heterocycles. The topological polar surface area (TPSA) is 29.6 Å². The molecule has 6 heteroatoms. The molecular weight excluding hydrogens is 349 g/mol. The first-order chi connectivity index (χ1) is 11.2. The van der Waals surface area contributed by atoms with Gasteiger partial charge >= 0.3 is 0 Å². The Labute approximate surface area is 150 Å². The lowest BCUT2D eigenvalue weighted by atomic mass is 9.90. The number of hydrogen-bond donors (Lipinski definition) is 0. The molecule has 2 aromatic rings. The van der Waals surface area contributed by atoms with Crippen molar-refractivity contribution >= 4 is 40.8 Å². The van der Waals surface area contributed by atoms with Gasteiger partial charge in [0.25, 0.3) is 0 Å². The van der Waals surface area contributed by atoms with E-state index in [1.807, 2.05) is 22.2 Å². The average molecular weight is 368 g/mol. The maximum Gasteiger partial charge on any atom is 0.205 e. The Morgan fingerprint density at radius 1 is 1.22 bits per heavy atom. The molecule has 0 spiro atoms. The number of rotatable bonds is 3. The van der Waals surface area contributed by atoms with Crippen LogP contribution >= 0.6 is 34.5 Å². The summed E-state index contributed by atoms with van der Waals surface area (Å²) >= 11 is 14.0. The highest BCUT2D eigenvalue weighted by molar-refractivity contribution is 7.07. The SMILES string of the molecule is CN=c1scc(-c2cc(Cl)ccc2Cl)n1N=CC1CCCCC1. The van der Waals surface area contributed by atoms with Crippen molar-refractivity contribution < 1.29 is 0 Å². The highest BCUT2D eigenvalue weighted by Crippen LogP contribution is 2.31. The quantitative estimate of drug-likeness (QED) is 0.643. The summed E-state index contributed by atoms with van der Waals surface area (Å²) in [5, 5.41) is 8.06. The van der Waals surface area contributed by atoms with Gasteiger partial charge in [-0.3, -0.25) is 4.99 Å². The van der Waals surface area contributed by atoms with E-state index in [1.165, 1.54) is 32.1 Å². The van der Waals surface area contributed by atoms with Crippen molar-refractivity contribution in [2.24, 2.45) is 16.0 Å². The molecule has 0 N–H and O–H groups in total. The first-order valence-electron chi connectivity index (χ1n) is 7.82. The van der Waals surface area contributed by atoms with E-state index in [9.17, 15) is 0 Å². The molecule has 3 rings (SSSR count). The molecule has 0 amide bonds. The number of nitrogens with zero attached hydrogens (tertiary/aromatic N) is 3. The first-order valence-corrected chi connectivity index (χ1v) is 9.46. The third-order valence-corrected chi connectivity index (χ3v) is 5.60. The Morgan fingerprint density at radius 2 is 2.00 bits per heavy atom. The van der Waals surface area contributed by atoms with Crippen molar-refractivity contribution in [3.8, 4) is 11.3 Å². The maximum absolute atomic E-state index is 6.35. The van der Waals surface area contributed by atoms with Gasteiger partial charge in [0, 0.05) is 29.2 Å². The van der Waals surface area contributed by atoms with E-state index in [2.05, 4.69) is 11.2 Å². The lowest BCUT2D eigenvalue weighted by molar-refractivity contribution is 0.443. The van der Waals surface area contributed by atoms with Crippen molar-refractivity contribution in [3.05, 3.63) is 38.4 Å². The van der Waals surface area contributed by atoms with E-state index in [0.717, 1.165) is 16.1 Å². The Morgan fingerprint density at radius 3 is 2.74 bits per heavy atom. The molecular formula is C17H19Cl2N3S. The second-order valence-electron chi connectivity index (χ2n) is 5.73. The lowest BCUT2D eigenvalue weighted by Crippen LogP contribution is -2.14. The van der Waals surface area contributed by atoms with Crippen LogP contribution in [0, 0.1) is 5.92 Å². The zero-order chi connectivity index (χ0) is 16.2. The van der Waals surface area contributed by atoms with Crippen LogP contribution in [0.2, 0.25) is 10.0 Å². The lowest BCUT2D eigenvalue weighted by Gasteiger charge is -2.17. The van der Waals surface area contributed by atoms with Gasteiger partial charge in [-0.25, -0.2) is 4.68 Å². The van der Waals surface area contributed by atoms with E-state index in [4.69, 9.17) is 28.3 Å². The van der Waals surface area contributed by atoms with Crippen LogP contribution < -0.4 is 4.80 Å². The van der Waals surface area contributed by atoms with Crippen LogP contribution in [-0.4, -0.2) is 17.9 Å². The average Bonchev–Trinajstić information content (AvgIpc) is 2.99. The van der Waals surface area contributed by atoms with Crippen molar-refractivity contribution in [2.75, 3.05) is 7.05 Å². The Hall–Kier alpha value is -1.10. The predicted octanol–water partition coefficient (Wildman–Crippen LogP) is 5.47. The fourth-order valence-electron chi connectivity index (χ4n) is 2.89. The third-order valence-electron chi connectivity index (χ3n) is 4.12. The Balaban J connectivity index is 2.00. The zero-order valence-corrected chi connectivity index (χ0v) is 15.3. The van der Waals surface area contributed by atoms with Gasteiger partial charge < -0.3 is 0 Å². The molecule has 0 unspecified atom stereocenters. The second-order valence-corrected chi connectivity index (χ2v) is 7.41. The molecule has 0 aliphatic heterocycles. The van der Waals surface area contributed by atoms with Crippen LogP contribution in [0.3, 0.4) is 0 Å². The smallest absolute Gasteiger partial charge is 0.205 e. The van der Waals surface area contributed by atoms with Crippen LogP contribution in [0.5, 0.6) is 0 Å². The van der Waals surface area contributed by atoms with Crippen LogP contribution in [0.4, 0.5) is 0 Å². The van der Waals surface area contributed by atoms with Gasteiger partial charge in [0.15, 0.2) is 0 Å². The summed E-state index contributed by atoms with van der Waals surface area (Å²) in [5.74, 6) is 0.559. The van der Waals surface area contributed by atoms with Gasteiger partial charge in [-0.2, -0.15) is 5.10 Å². The highest BCUT2D eigenvalue weighted by Gasteiger charge is 2.14. The second kappa shape index (κ2) is 7.65. The summed E-state index contributed by atoms with van der Waals surface area (Å²) in [6.07, 6.45) is 8.45. The molecule has 1 aromatic carbocycles. The van der Waals surface area contributed by atoms with Crippen molar-refractivity contribution in [3.63, 3.8) is 0 Å². The molecule has 0 atom stereocenters. The molecule has 0 radical (unpaired) electrons. The molecule has 1 aliphatic rings. The largest absolute Gasteiger partial charge is 0.261 e. The molecule has 1 aliphatic carbocycles. The third kappa shape index (κ3) is 3.87. The van der Waals surface area contributed by atoms with Crippen molar-refractivity contribution in [1.29, 1.82) is 0 Å². The summed E-state index contributed by atoms with van der Waals surface area (Å²) in [6, 6.07) is 5.48. The molecule has 1 saturated carbocycles. The van der Waals surface area contributed by atoms with Crippen LogP contribution in [-0.2, 0) is 0 Å². The molecule has 1 heterocycles. The Bertz CT molecular complexity index is 770. The van der Waals surface area contributed by atoms with Gasteiger partial charge in [-0.15, -0.1) is 11.3 Å². The molecule has 122 valence electrons. The minimum atomic E-state index is 0.559. The van der Waals surface area contributed by atoms with E-state index in [0.29, 0.717) is 16.0 Å². The van der Waals surface area contributed by atoms with Gasteiger partial charge in [0.2, 0.25) is 4.80 Å². The van der Waals surface area contributed by atoms with Gasteiger partial charge in [0.05, 0.1) is 10.7 Å². The monoisotopic (exact) mass is 367 g/mol. The zero-order valence-electron chi connectivity index (χ0n) is 13.0. The van der Waals surface area contributed by atoms with Gasteiger partial charge in [-0.1, -0.05) is 42.5 Å². The van der Waals surface area contributed by atoms with E-state index < -0.39 is 0 Å². The molecule has 0 bridgehead atoms. The number of aromatic nitrogens is 1. The fraction of sp³-hybridized carbons (Fsp3) is 0.412. The minimum Gasteiger partial charge on any atom is -0.261 e. The summed E-state index contributed by atoms with van der Waals surface area (Å²) in [7, 11) is 1.78. The first kappa shape index (κ1) is 16.7. The summed E-state index contributed by atoms with van der Waals surface area (Å²) in [4.78, 5) is 5.17. The maximum atomic E-state index is 6.35. The standard InChI is InChI=1S/C17H19Cl2N3S/c1-20-17-22(21-10-12-5-3-2-4-6-12)16(11-23-17)14-9-13(18)7-8-15(14)19/h7-12H,2-6H2,1H3. The van der Waals surface area contributed by atoms with E-state index in [-0.39, 0.29) is 0 Å². The fourth-order valence-corrected chi connectivity index (χ4v) is 4.07. The predicted molar refractivity (Wildman–Crippen MR) is 99.7 cm³/mol. The summed E-state index contributed by atoms with van der Waals surface area (Å²) in [6.45, 7) is 0. The molecule has 1 fully saturated rings. The van der Waals surface area contributed by atoms with E-state index >= 15 is 0 Å². The van der Waals surface area contributed by atoms with Gasteiger partial charge in [-0.05, 0) is 37.0 Å².